The fourth-order valence-corrected chi connectivity index (χ4v) is 5.24. The summed E-state index contributed by atoms with van der Waals surface area (Å²) in [5.41, 5.74) is 2.16. The molecule has 5 amide bonds. The number of anilines is 3. The average Bonchev–Trinajstić information content (AvgIpc) is 3.53. The second kappa shape index (κ2) is 14.3. The number of nitrogens with one attached hydrogen (secondary N) is 3. The molecule has 0 saturated heterocycles. The van der Waals surface area contributed by atoms with Gasteiger partial charge in [-0.05, 0) is 61.5 Å². The van der Waals surface area contributed by atoms with Gasteiger partial charge in [0.15, 0.2) is 11.5 Å². The Hall–Kier alpha value is -5.17. The average molecular weight is 634 g/mol. The molecule has 13 heteroatoms. The maximum atomic E-state index is 13.5. The van der Waals surface area contributed by atoms with Crippen molar-refractivity contribution in [2.75, 3.05) is 56.6 Å². The van der Waals surface area contributed by atoms with E-state index >= 15 is 0 Å². The summed E-state index contributed by atoms with van der Waals surface area (Å²) in [6.45, 7) is 4.17. The zero-order valence-electron chi connectivity index (χ0n) is 26.2. The number of rotatable bonds is 8. The molecule has 4 N–H and O–H groups in total. The van der Waals surface area contributed by atoms with Gasteiger partial charge in [-0.1, -0.05) is 6.92 Å². The third kappa shape index (κ3) is 7.72. The van der Waals surface area contributed by atoms with Crippen molar-refractivity contribution in [1.82, 2.24) is 9.80 Å². The number of nitrogens with zero attached hydrogens (tertiary/aromatic N) is 2. The number of carbonyl (C=O) groups is 3. The summed E-state index contributed by atoms with van der Waals surface area (Å²) in [5.74, 6) is 1.91. The molecule has 244 valence electrons. The van der Waals surface area contributed by atoms with Crippen LogP contribution in [0.15, 0.2) is 60.7 Å². The minimum absolute atomic E-state index is 0.00479. The first-order valence-electron chi connectivity index (χ1n) is 15.0. The number of likely N-dealkylation sites (N-methyl/N-ethyl adjacent to an activating group) is 1. The first-order chi connectivity index (χ1) is 22.1. The number of benzene rings is 3. The molecule has 0 aromatic heterocycles. The van der Waals surface area contributed by atoms with Crippen LogP contribution >= 0.6 is 0 Å². The smallest absolute Gasteiger partial charge is 0.323 e. The first-order valence-corrected chi connectivity index (χ1v) is 15.0. The van der Waals surface area contributed by atoms with Gasteiger partial charge in [0.25, 0.3) is 0 Å². The van der Waals surface area contributed by atoms with E-state index in [-0.39, 0.29) is 44.2 Å². The third-order valence-corrected chi connectivity index (χ3v) is 7.95. The Bertz CT molecular complexity index is 1570. The molecular formula is C33H39N5O8. The number of urea groups is 2. The quantitative estimate of drug-likeness (QED) is 0.285. The van der Waals surface area contributed by atoms with Gasteiger partial charge < -0.3 is 49.8 Å². The number of amides is 5. The van der Waals surface area contributed by atoms with E-state index in [1.54, 1.807) is 86.6 Å². The number of ether oxygens (including phenoxy) is 4. The van der Waals surface area contributed by atoms with E-state index in [9.17, 15) is 19.5 Å². The number of fused-ring (bicyclic) bond motifs is 2. The van der Waals surface area contributed by atoms with Crippen LogP contribution < -0.4 is 34.9 Å². The Balaban J connectivity index is 1.33. The van der Waals surface area contributed by atoms with Crippen LogP contribution in [0.3, 0.4) is 0 Å². The highest BCUT2D eigenvalue weighted by molar-refractivity contribution is 6.00. The molecule has 2 aliphatic heterocycles. The van der Waals surface area contributed by atoms with Gasteiger partial charge in [-0.2, -0.15) is 0 Å². The maximum Gasteiger partial charge on any atom is 0.323 e. The topological polar surface area (TPSA) is 151 Å². The fraction of sp³-hybridized carbons (Fsp3) is 0.364. The summed E-state index contributed by atoms with van der Waals surface area (Å²) < 4.78 is 22.4. The highest BCUT2D eigenvalue weighted by Gasteiger charge is 2.32. The fourth-order valence-electron chi connectivity index (χ4n) is 5.24. The van der Waals surface area contributed by atoms with Gasteiger partial charge in [0.1, 0.15) is 17.6 Å². The molecule has 3 atom stereocenters. The first kappa shape index (κ1) is 32.2. The maximum absolute atomic E-state index is 13.5. The van der Waals surface area contributed by atoms with Crippen LogP contribution in [0.5, 0.6) is 23.0 Å². The molecule has 2 heterocycles. The molecule has 0 spiro atoms. The van der Waals surface area contributed by atoms with Crippen LogP contribution in [0, 0.1) is 5.92 Å². The van der Waals surface area contributed by atoms with Crippen molar-refractivity contribution in [3.63, 3.8) is 0 Å². The number of hydrogen-bond donors (Lipinski definition) is 4. The zero-order valence-corrected chi connectivity index (χ0v) is 26.2. The van der Waals surface area contributed by atoms with E-state index in [1.807, 2.05) is 6.92 Å². The molecule has 0 saturated carbocycles. The van der Waals surface area contributed by atoms with Crippen LogP contribution in [0.1, 0.15) is 19.4 Å². The van der Waals surface area contributed by atoms with E-state index in [0.29, 0.717) is 52.2 Å². The van der Waals surface area contributed by atoms with Gasteiger partial charge in [0.05, 0.1) is 32.7 Å². The summed E-state index contributed by atoms with van der Waals surface area (Å²) in [4.78, 5) is 42.6. The van der Waals surface area contributed by atoms with E-state index in [4.69, 9.17) is 18.9 Å². The van der Waals surface area contributed by atoms with Gasteiger partial charge in [0.2, 0.25) is 12.7 Å². The molecule has 3 aromatic carbocycles. The number of aliphatic hydroxyl groups excluding tert-OH is 1. The molecule has 0 bridgehead atoms. The van der Waals surface area contributed by atoms with E-state index in [0.717, 1.165) is 0 Å². The highest BCUT2D eigenvalue weighted by atomic mass is 16.7. The summed E-state index contributed by atoms with van der Waals surface area (Å²) in [5, 5.41) is 18.4. The monoisotopic (exact) mass is 633 g/mol. The van der Waals surface area contributed by atoms with Crippen molar-refractivity contribution >= 4 is 35.0 Å². The summed E-state index contributed by atoms with van der Waals surface area (Å²) in [6, 6.07) is 16.0. The zero-order chi connectivity index (χ0) is 32.8. The number of methoxy groups -OCH3 is 1. The van der Waals surface area contributed by atoms with Crippen LogP contribution in [0.2, 0.25) is 0 Å². The van der Waals surface area contributed by atoms with Crippen LogP contribution in [0.25, 0.3) is 0 Å². The molecule has 3 aromatic rings. The van der Waals surface area contributed by atoms with Crippen molar-refractivity contribution in [2.45, 2.75) is 32.4 Å². The molecule has 5 rings (SSSR count). The van der Waals surface area contributed by atoms with Crippen molar-refractivity contribution in [1.29, 1.82) is 0 Å². The Kier molecular flexibility index (Phi) is 10.0. The molecule has 0 fully saturated rings. The van der Waals surface area contributed by atoms with Crippen molar-refractivity contribution < 1.29 is 38.4 Å². The summed E-state index contributed by atoms with van der Waals surface area (Å²) in [6.07, 6.45) is -0.516. The normalized spacial score (nSPS) is 17.8. The van der Waals surface area contributed by atoms with Gasteiger partial charge in [-0.25, -0.2) is 9.59 Å². The van der Waals surface area contributed by atoms with Gasteiger partial charge in [-0.3, -0.25) is 4.79 Å². The number of aliphatic hydroxyl groups is 1. The Morgan fingerprint density at radius 2 is 1.63 bits per heavy atom. The van der Waals surface area contributed by atoms with Gasteiger partial charge in [0, 0.05) is 48.2 Å². The second-order valence-electron chi connectivity index (χ2n) is 11.4. The molecular weight excluding hydrogens is 594 g/mol. The highest BCUT2D eigenvalue weighted by Crippen LogP contribution is 2.34. The third-order valence-electron chi connectivity index (χ3n) is 7.95. The van der Waals surface area contributed by atoms with Crippen molar-refractivity contribution in [3.05, 3.63) is 66.2 Å². The standard InChI is InChI=1S/C33H39N5O8/c1-20-16-38(21(2)18-39)31(40)14-22-13-24(35-32(41)34-23-5-9-26(43-4)10-6-23)7-11-27(22)46-30(20)17-37(3)33(42)36-25-8-12-28-29(15-25)45-19-44-28/h5-13,15,20-21,30,39H,14,16-19H2,1-4H3,(H,36,42)(H2,34,35,41)/t20-,21-,30-/m0/s1. The molecule has 46 heavy (non-hydrogen) atoms. The van der Waals surface area contributed by atoms with E-state index < -0.39 is 18.2 Å². The van der Waals surface area contributed by atoms with E-state index in [2.05, 4.69) is 16.0 Å². The Morgan fingerprint density at radius 1 is 0.978 bits per heavy atom. The van der Waals surface area contributed by atoms with Crippen molar-refractivity contribution in [3.8, 4) is 23.0 Å². The molecule has 2 aliphatic rings. The second-order valence-corrected chi connectivity index (χ2v) is 11.4. The number of carbonyl (C=O) groups excluding carboxylic acids is 3. The Morgan fingerprint density at radius 3 is 2.35 bits per heavy atom. The minimum Gasteiger partial charge on any atom is -0.497 e. The van der Waals surface area contributed by atoms with Crippen LogP contribution in [-0.2, 0) is 11.2 Å². The lowest BCUT2D eigenvalue weighted by Gasteiger charge is -2.34. The lowest BCUT2D eigenvalue weighted by molar-refractivity contribution is -0.134. The van der Waals surface area contributed by atoms with Crippen LogP contribution in [-0.4, -0.2) is 85.7 Å². The van der Waals surface area contributed by atoms with Crippen molar-refractivity contribution in [2.24, 2.45) is 5.92 Å². The predicted molar refractivity (Wildman–Crippen MR) is 172 cm³/mol. The molecule has 0 radical (unpaired) electrons. The molecule has 13 nitrogen and oxygen atoms in total. The predicted octanol–water partition coefficient (Wildman–Crippen LogP) is 4.38. The molecule has 0 aliphatic carbocycles. The van der Waals surface area contributed by atoms with Gasteiger partial charge >= 0.3 is 12.1 Å². The Labute approximate surface area is 267 Å². The lowest BCUT2D eigenvalue weighted by atomic mass is 10.0. The van der Waals surface area contributed by atoms with Crippen LogP contribution in [0.4, 0.5) is 26.7 Å². The lowest BCUT2D eigenvalue weighted by Crippen LogP contribution is -2.48. The summed E-state index contributed by atoms with van der Waals surface area (Å²) in [7, 11) is 3.23. The molecule has 0 unspecified atom stereocenters. The largest absolute Gasteiger partial charge is 0.497 e. The SMILES string of the molecule is COc1ccc(NC(=O)Nc2ccc3c(c2)CC(=O)N([C@@H](C)CO)C[C@H](C)[C@H](CN(C)C(=O)Nc2ccc4c(c2)OCO4)O3)cc1. The van der Waals surface area contributed by atoms with Gasteiger partial charge in [-0.15, -0.1) is 0 Å². The number of hydrogen-bond acceptors (Lipinski definition) is 8. The van der Waals surface area contributed by atoms with E-state index in [1.165, 1.54) is 4.90 Å². The summed E-state index contributed by atoms with van der Waals surface area (Å²) >= 11 is 0. The minimum atomic E-state index is -0.511.